The monoisotopic (exact) mass is 446 g/mol. The van der Waals surface area contributed by atoms with E-state index in [1.165, 1.54) is 22.5 Å². The molecule has 0 radical (unpaired) electrons. The summed E-state index contributed by atoms with van der Waals surface area (Å²) in [4.78, 5) is 6.88. The Bertz CT molecular complexity index is 1340. The van der Waals surface area contributed by atoms with Crippen LogP contribution < -0.4 is 0 Å². The fraction of sp³-hybridized carbons (Fsp3) is 0.455. The molecule has 4 aromatic rings. The van der Waals surface area contributed by atoms with Crippen molar-refractivity contribution in [3.63, 3.8) is 0 Å². The first-order chi connectivity index (χ1) is 14.0. The smallest absolute Gasteiger partial charge is 0.194 e. The highest BCUT2D eigenvalue weighted by molar-refractivity contribution is 7.85. The third-order valence-electron chi connectivity index (χ3n) is 6.05. The van der Waals surface area contributed by atoms with Crippen LogP contribution in [0.3, 0.4) is 0 Å². The number of hydrogen-bond donors (Lipinski definition) is 0. The van der Waals surface area contributed by atoms with Gasteiger partial charge in [0.15, 0.2) is 4.96 Å². The molecule has 0 bridgehead atoms. The Morgan fingerprint density at radius 2 is 1.73 bits per heavy atom. The Morgan fingerprint density at radius 1 is 1.07 bits per heavy atom. The molecular formula is C22H27FN4OS2. The van der Waals surface area contributed by atoms with Gasteiger partial charge in [-0.25, -0.2) is 13.9 Å². The van der Waals surface area contributed by atoms with Gasteiger partial charge in [-0.3, -0.25) is 8.61 Å². The predicted octanol–water partition coefficient (Wildman–Crippen LogP) is 5.58. The van der Waals surface area contributed by atoms with Gasteiger partial charge in [0.2, 0.25) is 0 Å². The maximum Gasteiger partial charge on any atom is 0.194 e. The van der Waals surface area contributed by atoms with Crippen LogP contribution in [0.15, 0.2) is 11.1 Å². The van der Waals surface area contributed by atoms with Gasteiger partial charge in [-0.2, -0.15) is 5.10 Å². The normalized spacial score (nSPS) is 13.6. The zero-order chi connectivity index (χ0) is 22.1. The maximum atomic E-state index is 14.4. The third-order valence-corrected chi connectivity index (χ3v) is 8.70. The molecule has 0 aliphatic carbocycles. The van der Waals surface area contributed by atoms with Crippen molar-refractivity contribution in [2.24, 2.45) is 0 Å². The van der Waals surface area contributed by atoms with E-state index in [1.807, 2.05) is 35.9 Å². The first kappa shape index (κ1) is 21.2. The highest BCUT2D eigenvalue weighted by atomic mass is 32.2. The quantitative estimate of drug-likeness (QED) is 0.411. The van der Waals surface area contributed by atoms with Crippen LogP contribution >= 0.6 is 11.3 Å². The minimum Gasteiger partial charge on any atom is -0.294 e. The van der Waals surface area contributed by atoms with E-state index in [4.69, 9.17) is 10.1 Å². The Hall–Kier alpha value is -2.06. The number of aryl methyl sites for hydroxylation is 3. The number of fused-ring (bicyclic) bond motifs is 2. The molecule has 1 atom stereocenters. The van der Waals surface area contributed by atoms with E-state index in [-0.39, 0.29) is 0 Å². The average molecular weight is 447 g/mol. The van der Waals surface area contributed by atoms with Gasteiger partial charge in [-0.15, -0.1) is 0 Å². The summed E-state index contributed by atoms with van der Waals surface area (Å²) in [6.07, 6.45) is 1.81. The minimum atomic E-state index is -1.42. The number of hydrogen-bond acceptors (Lipinski definition) is 4. The Labute approximate surface area is 182 Å². The van der Waals surface area contributed by atoms with Crippen molar-refractivity contribution in [1.82, 2.24) is 19.0 Å². The van der Waals surface area contributed by atoms with Gasteiger partial charge in [-0.05, 0) is 65.2 Å². The molecule has 160 valence electrons. The number of imidazole rings is 1. The molecule has 0 saturated heterocycles. The van der Waals surface area contributed by atoms with E-state index in [2.05, 4.69) is 20.8 Å². The second-order valence-electron chi connectivity index (χ2n) is 8.30. The third kappa shape index (κ3) is 2.95. The van der Waals surface area contributed by atoms with Crippen LogP contribution in [0.2, 0.25) is 0 Å². The molecule has 8 heteroatoms. The number of alkyl halides is 1. The Kier molecular flexibility index (Phi) is 4.93. The summed E-state index contributed by atoms with van der Waals surface area (Å²) in [5.74, 6) is 0.501. The fourth-order valence-electron chi connectivity index (χ4n) is 3.83. The Morgan fingerprint density at radius 3 is 2.30 bits per heavy atom. The molecular weight excluding hydrogens is 419 g/mol. The number of nitrogens with zero attached hydrogens (tertiary/aromatic N) is 4. The molecule has 30 heavy (non-hydrogen) atoms. The molecule has 0 aliphatic rings. The van der Waals surface area contributed by atoms with Crippen molar-refractivity contribution in [3.05, 3.63) is 39.2 Å². The molecule has 4 aromatic heterocycles. The highest BCUT2D eigenvalue weighted by Crippen LogP contribution is 2.38. The number of pyridine rings is 1. The van der Waals surface area contributed by atoms with Crippen LogP contribution in [0, 0.1) is 34.6 Å². The zero-order valence-corrected chi connectivity index (χ0v) is 20.3. The maximum absolute atomic E-state index is 14.4. The van der Waals surface area contributed by atoms with E-state index in [0.717, 1.165) is 27.4 Å². The summed E-state index contributed by atoms with van der Waals surface area (Å²) >= 11 is 1.34. The van der Waals surface area contributed by atoms with Gasteiger partial charge in [-0.1, -0.05) is 18.3 Å². The summed E-state index contributed by atoms with van der Waals surface area (Å²) in [5, 5.41) is 4.90. The van der Waals surface area contributed by atoms with Crippen LogP contribution in [0.5, 0.6) is 0 Å². The molecule has 4 rings (SSSR count). The van der Waals surface area contributed by atoms with Crippen LogP contribution in [-0.4, -0.2) is 29.0 Å². The van der Waals surface area contributed by atoms with Crippen LogP contribution in [-0.2, 0) is 16.5 Å². The van der Waals surface area contributed by atoms with Gasteiger partial charge in [0, 0.05) is 23.3 Å². The van der Waals surface area contributed by atoms with Crippen molar-refractivity contribution < 1.29 is 8.60 Å². The van der Waals surface area contributed by atoms with E-state index >= 15 is 0 Å². The van der Waals surface area contributed by atoms with Gasteiger partial charge in [0.1, 0.15) is 17.1 Å². The number of aromatic nitrogens is 4. The predicted molar refractivity (Wildman–Crippen MR) is 122 cm³/mol. The lowest BCUT2D eigenvalue weighted by molar-refractivity contribution is 0.226. The molecule has 5 nitrogen and oxygen atoms in total. The molecule has 0 aliphatic heterocycles. The molecule has 4 heterocycles. The van der Waals surface area contributed by atoms with Gasteiger partial charge >= 0.3 is 0 Å². The van der Waals surface area contributed by atoms with Crippen molar-refractivity contribution in [3.8, 4) is 11.4 Å². The summed E-state index contributed by atoms with van der Waals surface area (Å²) in [5.41, 5.74) is 6.23. The second-order valence-corrected chi connectivity index (χ2v) is 11.0. The zero-order valence-electron chi connectivity index (χ0n) is 18.7. The van der Waals surface area contributed by atoms with E-state index in [9.17, 15) is 8.60 Å². The van der Waals surface area contributed by atoms with Gasteiger partial charge in [0.25, 0.3) is 0 Å². The van der Waals surface area contributed by atoms with E-state index in [0.29, 0.717) is 27.0 Å². The van der Waals surface area contributed by atoms with Crippen molar-refractivity contribution in [2.75, 3.05) is 5.75 Å². The molecule has 1 unspecified atom stereocenters. The molecule has 0 amide bonds. The second kappa shape index (κ2) is 6.99. The summed E-state index contributed by atoms with van der Waals surface area (Å²) in [6.45, 7) is 15.3. The summed E-state index contributed by atoms with van der Waals surface area (Å²) in [6, 6.07) is 0. The molecule has 0 fully saturated rings. The molecule has 0 saturated carbocycles. The van der Waals surface area contributed by atoms with E-state index < -0.39 is 16.5 Å². The number of rotatable bonds is 4. The summed E-state index contributed by atoms with van der Waals surface area (Å²) < 4.78 is 31.4. The van der Waals surface area contributed by atoms with Crippen LogP contribution in [0.4, 0.5) is 4.39 Å². The minimum absolute atomic E-state index is 0.501. The largest absolute Gasteiger partial charge is 0.294 e. The average Bonchev–Trinajstić information content (AvgIpc) is 3.36. The highest BCUT2D eigenvalue weighted by Gasteiger charge is 2.28. The standard InChI is InChI=1S/C22H27FN4OS2/c1-9-30(28)20-18(25-27-14(5)12(3)11(2)13(4)19(20)27)17-15(6)26-10-16(22(7,8)23)29-21(26)24-17/h10H,9H2,1-8H3. The molecule has 0 spiro atoms. The first-order valence-corrected chi connectivity index (χ1v) is 12.2. The lowest BCUT2D eigenvalue weighted by atomic mass is 10.0. The van der Waals surface area contributed by atoms with Crippen LogP contribution in [0.25, 0.3) is 21.9 Å². The lowest BCUT2D eigenvalue weighted by Gasteiger charge is -2.12. The number of halogens is 1. The number of thiazole rings is 1. The SMILES string of the molecule is CCS(=O)c1c(-c2nc3sc(C(C)(C)F)cn3c2C)nn2c(C)c(C)c(C)c(C)c12. The summed E-state index contributed by atoms with van der Waals surface area (Å²) in [7, 11) is -1.20. The van der Waals surface area contributed by atoms with Gasteiger partial charge < -0.3 is 0 Å². The van der Waals surface area contributed by atoms with Gasteiger partial charge in [0.05, 0.1) is 26.1 Å². The first-order valence-electron chi connectivity index (χ1n) is 10.0. The molecule has 0 aromatic carbocycles. The molecule has 0 N–H and O–H groups in total. The lowest BCUT2D eigenvalue weighted by Crippen LogP contribution is -2.06. The topological polar surface area (TPSA) is 51.7 Å². The fourth-order valence-corrected chi connectivity index (χ4v) is 5.95. The van der Waals surface area contributed by atoms with Crippen molar-refractivity contribution in [1.29, 1.82) is 0 Å². The van der Waals surface area contributed by atoms with Crippen molar-refractivity contribution >= 4 is 32.6 Å². The van der Waals surface area contributed by atoms with Crippen LogP contribution in [0.1, 0.15) is 53.7 Å². The van der Waals surface area contributed by atoms with E-state index in [1.54, 1.807) is 13.8 Å². The Balaban J connectivity index is 2.07. The van der Waals surface area contributed by atoms with Crippen molar-refractivity contribution in [2.45, 2.75) is 66.0 Å².